The van der Waals surface area contributed by atoms with Gasteiger partial charge < -0.3 is 5.11 Å². The predicted molar refractivity (Wildman–Crippen MR) is 54.8 cm³/mol. The zero-order valence-electron chi connectivity index (χ0n) is 8.45. The fourth-order valence-corrected chi connectivity index (χ4v) is 1.12. The summed E-state index contributed by atoms with van der Waals surface area (Å²) in [7, 11) is 0. The number of nitrogens with zero attached hydrogens (tertiary/aromatic N) is 4. The maximum atomic E-state index is 10.7. The molecule has 0 aromatic carbocycles. The molecule has 0 aliphatic heterocycles. The molecule has 6 nitrogen and oxygen atoms in total. The minimum atomic E-state index is -1.09. The summed E-state index contributed by atoms with van der Waals surface area (Å²) in [5.41, 5.74) is 1.17. The molecular formula is C10H8N4O2. The summed E-state index contributed by atoms with van der Waals surface area (Å²) in [5, 5.41) is 16.5. The van der Waals surface area contributed by atoms with Crippen LogP contribution in [-0.4, -0.2) is 31.2 Å². The number of hydrogen-bond donors (Lipinski definition) is 1. The Morgan fingerprint density at radius 2 is 2.06 bits per heavy atom. The molecule has 2 aromatic rings. The third-order valence-electron chi connectivity index (χ3n) is 1.90. The number of carboxylic acids is 1. The van der Waals surface area contributed by atoms with E-state index in [1.165, 1.54) is 12.3 Å². The molecule has 0 amide bonds. The normalized spacial score (nSPS) is 10.1. The van der Waals surface area contributed by atoms with Gasteiger partial charge in [0.15, 0.2) is 11.5 Å². The Hall–Kier alpha value is -2.37. The van der Waals surface area contributed by atoms with Crippen LogP contribution >= 0.6 is 0 Å². The zero-order chi connectivity index (χ0) is 11.5. The average Bonchev–Trinajstić information content (AvgIpc) is 2.30. The van der Waals surface area contributed by atoms with Crippen LogP contribution in [0, 0.1) is 6.92 Å². The highest BCUT2D eigenvalue weighted by molar-refractivity contribution is 5.85. The van der Waals surface area contributed by atoms with Gasteiger partial charge in [0, 0.05) is 6.20 Å². The van der Waals surface area contributed by atoms with Gasteiger partial charge in [-0.1, -0.05) is 0 Å². The second-order valence-corrected chi connectivity index (χ2v) is 3.13. The highest BCUT2D eigenvalue weighted by Gasteiger charge is 2.08. The first-order valence-electron chi connectivity index (χ1n) is 4.54. The summed E-state index contributed by atoms with van der Waals surface area (Å²) < 4.78 is 0. The molecular weight excluding hydrogens is 208 g/mol. The van der Waals surface area contributed by atoms with Crippen molar-refractivity contribution in [2.45, 2.75) is 6.92 Å². The number of rotatable bonds is 2. The number of hydrogen-bond acceptors (Lipinski definition) is 5. The minimum Gasteiger partial charge on any atom is -0.477 e. The molecule has 0 fully saturated rings. The first kappa shape index (κ1) is 10.2. The topological polar surface area (TPSA) is 88.9 Å². The van der Waals surface area contributed by atoms with Crippen LogP contribution in [0.4, 0.5) is 0 Å². The lowest BCUT2D eigenvalue weighted by molar-refractivity contribution is 0.0690. The fraction of sp³-hybridized carbons (Fsp3) is 0.100. The van der Waals surface area contributed by atoms with E-state index in [9.17, 15) is 4.79 Å². The second-order valence-electron chi connectivity index (χ2n) is 3.13. The van der Waals surface area contributed by atoms with Crippen LogP contribution < -0.4 is 0 Å². The van der Waals surface area contributed by atoms with E-state index >= 15 is 0 Å². The lowest BCUT2D eigenvalue weighted by atomic mass is 10.3. The summed E-state index contributed by atoms with van der Waals surface area (Å²) >= 11 is 0. The van der Waals surface area contributed by atoms with Gasteiger partial charge in [-0.2, -0.15) is 5.10 Å². The van der Waals surface area contributed by atoms with Crippen molar-refractivity contribution in [2.24, 2.45) is 0 Å². The van der Waals surface area contributed by atoms with E-state index in [0.717, 1.165) is 5.69 Å². The van der Waals surface area contributed by atoms with Crippen LogP contribution in [0.3, 0.4) is 0 Å². The van der Waals surface area contributed by atoms with Crippen LogP contribution in [0.1, 0.15) is 16.2 Å². The Morgan fingerprint density at radius 1 is 1.25 bits per heavy atom. The highest BCUT2D eigenvalue weighted by atomic mass is 16.4. The van der Waals surface area contributed by atoms with Crippen molar-refractivity contribution in [1.29, 1.82) is 0 Å². The smallest absolute Gasteiger partial charge is 0.354 e. The molecule has 0 aliphatic carbocycles. The molecule has 0 bridgehead atoms. The summed E-state index contributed by atoms with van der Waals surface area (Å²) in [6.07, 6.45) is 1.38. The van der Waals surface area contributed by atoms with Gasteiger partial charge in [-0.15, -0.1) is 5.10 Å². The van der Waals surface area contributed by atoms with E-state index < -0.39 is 5.97 Å². The average molecular weight is 216 g/mol. The van der Waals surface area contributed by atoms with Crippen LogP contribution in [0.2, 0.25) is 0 Å². The molecule has 1 N–H and O–H groups in total. The van der Waals surface area contributed by atoms with Gasteiger partial charge in [-0.05, 0) is 25.1 Å². The number of aryl methyl sites for hydroxylation is 1. The van der Waals surface area contributed by atoms with E-state index in [1.807, 2.05) is 6.92 Å². The largest absolute Gasteiger partial charge is 0.477 e. The molecule has 0 saturated carbocycles. The molecule has 0 aliphatic rings. The van der Waals surface area contributed by atoms with Crippen molar-refractivity contribution >= 4 is 5.97 Å². The molecule has 0 saturated heterocycles. The molecule has 2 heterocycles. The van der Waals surface area contributed by atoms with Gasteiger partial charge in [0.2, 0.25) is 0 Å². The molecule has 2 aromatic heterocycles. The second kappa shape index (κ2) is 4.01. The monoisotopic (exact) mass is 216 g/mol. The summed E-state index contributed by atoms with van der Waals surface area (Å²) in [4.78, 5) is 18.5. The zero-order valence-corrected chi connectivity index (χ0v) is 8.45. The first-order chi connectivity index (χ1) is 7.66. The summed E-state index contributed by atoms with van der Waals surface area (Å²) in [6, 6.07) is 4.79. The molecule has 0 radical (unpaired) electrons. The Morgan fingerprint density at radius 3 is 2.69 bits per heavy atom. The van der Waals surface area contributed by atoms with E-state index in [-0.39, 0.29) is 11.5 Å². The van der Waals surface area contributed by atoms with Crippen LogP contribution in [0.15, 0.2) is 24.4 Å². The molecule has 0 spiro atoms. The third kappa shape index (κ3) is 2.00. The Kier molecular flexibility index (Phi) is 2.55. The third-order valence-corrected chi connectivity index (χ3v) is 1.90. The molecule has 2 rings (SSSR count). The van der Waals surface area contributed by atoms with Crippen LogP contribution in [-0.2, 0) is 0 Å². The quantitative estimate of drug-likeness (QED) is 0.803. The Bertz CT molecular complexity index is 525. The maximum absolute atomic E-state index is 10.7. The van der Waals surface area contributed by atoms with E-state index in [2.05, 4.69) is 20.2 Å². The van der Waals surface area contributed by atoms with Gasteiger partial charge in [0.05, 0.1) is 5.69 Å². The number of carbonyl (C=O) groups is 1. The van der Waals surface area contributed by atoms with Gasteiger partial charge >= 0.3 is 5.97 Å². The minimum absolute atomic E-state index is 0.0626. The first-order valence-corrected chi connectivity index (χ1v) is 4.54. The number of aromatic carboxylic acids is 1. The summed E-state index contributed by atoms with van der Waals surface area (Å²) in [6.45, 7) is 1.81. The van der Waals surface area contributed by atoms with Gasteiger partial charge in [0.25, 0.3) is 0 Å². The van der Waals surface area contributed by atoms with Crippen molar-refractivity contribution < 1.29 is 9.90 Å². The molecule has 0 unspecified atom stereocenters. The molecule has 6 heteroatoms. The summed E-state index contributed by atoms with van der Waals surface area (Å²) in [5.74, 6) is -0.837. The van der Waals surface area contributed by atoms with Gasteiger partial charge in [-0.25, -0.2) is 14.8 Å². The van der Waals surface area contributed by atoms with Crippen molar-refractivity contribution in [2.75, 3.05) is 0 Å². The van der Waals surface area contributed by atoms with Gasteiger partial charge in [-0.3, -0.25) is 0 Å². The lowest BCUT2D eigenvalue weighted by Crippen LogP contribution is -2.03. The standard InChI is InChI=1S/C10H8N4O2/c1-6-2-3-7(14-13-6)9-11-5-4-8(12-9)10(15)16/h2-5H,1H3,(H,15,16). The highest BCUT2D eigenvalue weighted by Crippen LogP contribution is 2.10. The lowest BCUT2D eigenvalue weighted by Gasteiger charge is -1.99. The van der Waals surface area contributed by atoms with Crippen LogP contribution in [0.25, 0.3) is 11.5 Å². The van der Waals surface area contributed by atoms with Crippen LogP contribution in [0.5, 0.6) is 0 Å². The SMILES string of the molecule is Cc1ccc(-c2nccc(C(=O)O)n2)nn1. The maximum Gasteiger partial charge on any atom is 0.354 e. The Labute approximate surface area is 91.0 Å². The number of aromatic nitrogens is 4. The van der Waals surface area contributed by atoms with Crippen molar-refractivity contribution in [3.05, 3.63) is 35.8 Å². The van der Waals surface area contributed by atoms with E-state index in [4.69, 9.17) is 5.11 Å². The van der Waals surface area contributed by atoms with Gasteiger partial charge in [0.1, 0.15) is 5.69 Å². The van der Waals surface area contributed by atoms with Crippen molar-refractivity contribution in [3.8, 4) is 11.5 Å². The molecule has 0 atom stereocenters. The fourth-order valence-electron chi connectivity index (χ4n) is 1.12. The van der Waals surface area contributed by atoms with Crippen molar-refractivity contribution in [3.63, 3.8) is 0 Å². The van der Waals surface area contributed by atoms with E-state index in [1.54, 1.807) is 12.1 Å². The Balaban J connectivity index is 2.44. The number of carboxylic acid groups (broad SMARTS) is 1. The predicted octanol–water partition coefficient (Wildman–Crippen LogP) is 0.940. The van der Waals surface area contributed by atoms with E-state index in [0.29, 0.717) is 5.69 Å². The van der Waals surface area contributed by atoms with Crippen molar-refractivity contribution in [1.82, 2.24) is 20.2 Å². The molecule has 80 valence electrons. The molecule has 16 heavy (non-hydrogen) atoms.